The van der Waals surface area contributed by atoms with Gasteiger partial charge in [0, 0.05) is 27.8 Å². The first-order chi connectivity index (χ1) is 20.4. The molecule has 5 rings (SSSR count). The van der Waals surface area contributed by atoms with Crippen LogP contribution in [0.2, 0.25) is 0 Å². The third-order valence-corrected chi connectivity index (χ3v) is 6.87. The zero-order chi connectivity index (χ0) is 30.9. The van der Waals surface area contributed by atoms with Gasteiger partial charge in [-0.15, -0.1) is 6.58 Å². The van der Waals surface area contributed by atoms with E-state index in [9.17, 15) is 26.3 Å². The highest BCUT2D eigenvalue weighted by Crippen LogP contribution is 2.32. The third-order valence-electron chi connectivity index (χ3n) is 6.87. The smallest absolute Gasteiger partial charge is 0.206 e. The Morgan fingerprint density at radius 2 is 1.40 bits per heavy atom. The normalized spacial score (nSPS) is 11.7. The molecule has 0 bridgehead atoms. The van der Waals surface area contributed by atoms with E-state index in [1.807, 2.05) is 0 Å². The van der Waals surface area contributed by atoms with Crippen molar-refractivity contribution in [2.24, 2.45) is 0 Å². The van der Waals surface area contributed by atoms with E-state index in [1.165, 1.54) is 48.4 Å². The van der Waals surface area contributed by atoms with Crippen LogP contribution in [0.15, 0.2) is 79.4 Å². The number of hydrogen-bond acceptors (Lipinski definition) is 0. The molecule has 0 saturated heterocycles. The third kappa shape index (κ3) is 6.31. The van der Waals surface area contributed by atoms with Crippen LogP contribution in [0.3, 0.4) is 0 Å². The first-order valence-electron chi connectivity index (χ1n) is 13.0. The zero-order valence-electron chi connectivity index (χ0n) is 22.2. The lowest BCUT2D eigenvalue weighted by atomic mass is 9.97. The molecule has 0 aliphatic carbocycles. The van der Waals surface area contributed by atoms with Crippen LogP contribution in [0.1, 0.15) is 28.7 Å². The van der Waals surface area contributed by atoms with E-state index in [0.29, 0.717) is 24.0 Å². The molecule has 0 radical (unpaired) electrons. The Labute approximate surface area is 241 Å². The topological polar surface area (TPSA) is 0 Å². The van der Waals surface area contributed by atoms with Gasteiger partial charge < -0.3 is 0 Å². The molecule has 43 heavy (non-hydrogen) atoms. The van der Waals surface area contributed by atoms with Crippen molar-refractivity contribution in [3.05, 3.63) is 131 Å². The lowest BCUT2D eigenvalue weighted by Crippen LogP contribution is -2.02. The number of allylic oxidation sites excluding steroid dienone is 1. The molecule has 5 aromatic rings. The van der Waals surface area contributed by atoms with Gasteiger partial charge in [-0.25, -0.2) is 22.0 Å². The minimum absolute atomic E-state index is 0.0164. The maximum atomic E-state index is 15.4. The molecular weight excluding hydrogens is 572 g/mol. The second-order valence-corrected chi connectivity index (χ2v) is 9.77. The number of halogens is 8. The Hall–Kier alpha value is -4.90. The van der Waals surface area contributed by atoms with Gasteiger partial charge in [-0.1, -0.05) is 54.5 Å². The lowest BCUT2D eigenvalue weighted by Gasteiger charge is -2.10. The van der Waals surface area contributed by atoms with Crippen LogP contribution in [0.25, 0.3) is 44.8 Å². The quantitative estimate of drug-likeness (QED) is 0.0797. The number of rotatable bonds is 6. The van der Waals surface area contributed by atoms with Crippen LogP contribution < -0.4 is 0 Å². The molecule has 0 nitrogen and oxygen atoms in total. The average Bonchev–Trinajstić information content (AvgIpc) is 2.95. The second-order valence-electron chi connectivity index (χ2n) is 9.77. The molecule has 0 aliphatic heterocycles. The van der Waals surface area contributed by atoms with E-state index >= 15 is 8.78 Å². The predicted molar refractivity (Wildman–Crippen MR) is 154 cm³/mol. The molecule has 0 N–H and O–H groups in total. The monoisotopic (exact) mass is 592 g/mol. The molecule has 0 amide bonds. The van der Waals surface area contributed by atoms with Gasteiger partial charge in [-0.3, -0.25) is 0 Å². The molecule has 0 heterocycles. The summed E-state index contributed by atoms with van der Waals surface area (Å²) in [6.07, 6.45) is 0.652. The van der Waals surface area contributed by atoms with Crippen LogP contribution in [0.4, 0.5) is 35.1 Å². The number of fused-ring (bicyclic) bond motifs is 2. The van der Waals surface area contributed by atoms with Crippen LogP contribution >= 0.6 is 0 Å². The largest absolute Gasteiger partial charge is 0.458 e. The van der Waals surface area contributed by atoms with Gasteiger partial charge in [0.25, 0.3) is 0 Å². The highest BCUT2D eigenvalue weighted by atomic mass is 19.4. The van der Waals surface area contributed by atoms with E-state index in [1.54, 1.807) is 24.3 Å². The summed E-state index contributed by atoms with van der Waals surface area (Å²) >= 11 is 0. The summed E-state index contributed by atoms with van der Waals surface area (Å²) in [5.74, 6) is -2.40. The van der Waals surface area contributed by atoms with Gasteiger partial charge in [0.2, 0.25) is 0 Å². The van der Waals surface area contributed by atoms with Crippen molar-refractivity contribution in [1.29, 1.82) is 0 Å². The summed E-state index contributed by atoms with van der Waals surface area (Å²) in [6, 6.07) is 15.2. The number of aryl methyl sites for hydroxylation is 1. The fraction of sp³-hybridized carbons (Fsp3) is 0.0857. The van der Waals surface area contributed by atoms with Crippen molar-refractivity contribution in [2.75, 3.05) is 0 Å². The summed E-state index contributed by atoms with van der Waals surface area (Å²) < 4.78 is 112. The van der Waals surface area contributed by atoms with Crippen LogP contribution in [0.5, 0.6) is 0 Å². The molecule has 5 aromatic carbocycles. The summed E-state index contributed by atoms with van der Waals surface area (Å²) in [5.41, 5.74) is 0.482. The van der Waals surface area contributed by atoms with Crippen LogP contribution in [-0.2, 0) is 6.42 Å². The minimum Gasteiger partial charge on any atom is -0.206 e. The standard InChI is InChI=1S/C35H20F8/c1-2-3-4-20-5-9-25(30(36)16-20)22-8-12-27-24(17-22)19-31(37)28(33(27)39)11-7-21-6-10-26-23(15-21)18-32(38)29(34(26)40)13-14-35(41,42)43/h2,5-12,15-19H,1,3-4H2/b11-7+. The molecule has 0 unspecified atom stereocenters. The Bertz CT molecular complexity index is 1990. The Balaban J connectivity index is 1.46. The Morgan fingerprint density at radius 3 is 2.12 bits per heavy atom. The van der Waals surface area contributed by atoms with Crippen molar-refractivity contribution in [3.8, 4) is 23.0 Å². The van der Waals surface area contributed by atoms with Crippen molar-refractivity contribution in [1.82, 2.24) is 0 Å². The van der Waals surface area contributed by atoms with E-state index in [4.69, 9.17) is 0 Å². The lowest BCUT2D eigenvalue weighted by molar-refractivity contribution is -0.0696. The fourth-order valence-electron chi connectivity index (χ4n) is 4.76. The molecule has 0 atom stereocenters. The highest BCUT2D eigenvalue weighted by Gasteiger charge is 2.24. The van der Waals surface area contributed by atoms with E-state index in [2.05, 4.69) is 6.58 Å². The van der Waals surface area contributed by atoms with Crippen LogP contribution in [-0.4, -0.2) is 6.18 Å². The van der Waals surface area contributed by atoms with E-state index < -0.39 is 40.8 Å². The fourth-order valence-corrected chi connectivity index (χ4v) is 4.76. The molecule has 0 aromatic heterocycles. The number of hydrogen-bond donors (Lipinski definition) is 0. The summed E-state index contributed by atoms with van der Waals surface area (Å²) in [6.45, 7) is 3.66. The van der Waals surface area contributed by atoms with Crippen molar-refractivity contribution in [3.63, 3.8) is 0 Å². The predicted octanol–water partition coefficient (Wildman–Crippen LogP) is 10.6. The van der Waals surface area contributed by atoms with Crippen LogP contribution in [0, 0.1) is 40.9 Å². The first kappa shape index (κ1) is 29.6. The van der Waals surface area contributed by atoms with Gasteiger partial charge in [0.05, 0.1) is 5.56 Å². The van der Waals surface area contributed by atoms with Crippen molar-refractivity contribution < 1.29 is 35.1 Å². The molecule has 0 aliphatic rings. The van der Waals surface area contributed by atoms with Gasteiger partial charge in [-0.05, 0) is 76.7 Å². The molecule has 0 spiro atoms. The summed E-state index contributed by atoms with van der Waals surface area (Å²) in [7, 11) is 0. The van der Waals surface area contributed by atoms with Crippen molar-refractivity contribution in [2.45, 2.75) is 19.0 Å². The summed E-state index contributed by atoms with van der Waals surface area (Å²) in [5, 5.41) is 0.165. The Kier molecular flexibility index (Phi) is 8.10. The SMILES string of the molecule is C=CCCc1ccc(-c2ccc3c(F)c(/C=C/c4ccc5c(F)c(C#CC(F)(F)F)c(F)cc5c4)c(F)cc3c2)c(F)c1. The van der Waals surface area contributed by atoms with Gasteiger partial charge in [0.15, 0.2) is 0 Å². The highest BCUT2D eigenvalue weighted by molar-refractivity contribution is 5.92. The van der Waals surface area contributed by atoms with E-state index in [0.717, 1.165) is 29.7 Å². The zero-order valence-corrected chi connectivity index (χ0v) is 22.2. The van der Waals surface area contributed by atoms with Gasteiger partial charge in [0.1, 0.15) is 29.1 Å². The van der Waals surface area contributed by atoms with Gasteiger partial charge >= 0.3 is 6.18 Å². The molecule has 8 heteroatoms. The number of benzene rings is 5. The van der Waals surface area contributed by atoms with Gasteiger partial charge in [-0.2, -0.15) is 13.2 Å². The van der Waals surface area contributed by atoms with Crippen molar-refractivity contribution >= 4 is 33.7 Å². The second kappa shape index (κ2) is 11.8. The first-order valence-corrected chi connectivity index (χ1v) is 13.0. The van der Waals surface area contributed by atoms with E-state index in [-0.39, 0.29) is 32.7 Å². The minimum atomic E-state index is -4.92. The maximum absolute atomic E-state index is 15.4. The number of alkyl halides is 3. The Morgan fingerprint density at radius 1 is 0.698 bits per heavy atom. The molecule has 216 valence electrons. The average molecular weight is 593 g/mol. The maximum Gasteiger partial charge on any atom is 0.458 e. The molecule has 0 fully saturated rings. The molecule has 0 saturated carbocycles. The molecular formula is C35H20F8. The summed E-state index contributed by atoms with van der Waals surface area (Å²) in [4.78, 5) is 0.